The third-order valence-electron chi connectivity index (χ3n) is 3.18. The Morgan fingerprint density at radius 2 is 1.65 bits per heavy atom. The molecule has 0 fully saturated rings. The minimum Gasteiger partial charge on any atom is -0.508 e. The third kappa shape index (κ3) is 4.10. The van der Waals surface area contributed by atoms with Gasteiger partial charge in [-0.1, -0.05) is 40.2 Å². The summed E-state index contributed by atoms with van der Waals surface area (Å²) in [4.78, 5) is 11.0. The Kier molecular flexibility index (Phi) is 4.79. The van der Waals surface area contributed by atoms with E-state index < -0.39 is 5.97 Å². The molecule has 0 amide bonds. The fourth-order valence-electron chi connectivity index (χ4n) is 2.17. The highest BCUT2D eigenvalue weighted by Gasteiger charge is 2.16. The predicted octanol–water partition coefficient (Wildman–Crippen LogP) is 3.96. The number of benzene rings is 2. The Labute approximate surface area is 126 Å². The van der Waals surface area contributed by atoms with Crippen LogP contribution in [0.15, 0.2) is 53.0 Å². The van der Waals surface area contributed by atoms with E-state index >= 15 is 0 Å². The second-order valence-corrected chi connectivity index (χ2v) is 5.63. The molecule has 1 unspecified atom stereocenters. The maximum absolute atomic E-state index is 11.0. The molecule has 0 bridgehead atoms. The number of carboxylic acids is 1. The van der Waals surface area contributed by atoms with E-state index in [0.29, 0.717) is 6.42 Å². The average molecular weight is 335 g/mol. The van der Waals surface area contributed by atoms with Crippen LogP contribution in [-0.4, -0.2) is 16.2 Å². The molecule has 4 heteroatoms. The zero-order valence-electron chi connectivity index (χ0n) is 10.8. The van der Waals surface area contributed by atoms with E-state index in [1.54, 1.807) is 12.1 Å². The lowest BCUT2D eigenvalue weighted by Crippen LogP contribution is -2.09. The van der Waals surface area contributed by atoms with Gasteiger partial charge in [0.1, 0.15) is 5.75 Å². The van der Waals surface area contributed by atoms with Crippen molar-refractivity contribution in [1.82, 2.24) is 0 Å². The Morgan fingerprint density at radius 1 is 1.05 bits per heavy atom. The SMILES string of the molecule is O=C(O)CC(Cc1ccc(O)cc1)c1ccc(Br)cc1. The van der Waals surface area contributed by atoms with Gasteiger partial charge in [-0.3, -0.25) is 4.79 Å². The quantitative estimate of drug-likeness (QED) is 0.870. The number of carboxylic acid groups (broad SMARTS) is 1. The number of phenols is 1. The van der Waals surface area contributed by atoms with E-state index in [9.17, 15) is 9.90 Å². The molecule has 104 valence electrons. The Morgan fingerprint density at radius 3 is 2.20 bits per heavy atom. The fraction of sp³-hybridized carbons (Fsp3) is 0.188. The third-order valence-corrected chi connectivity index (χ3v) is 3.71. The molecule has 0 saturated carbocycles. The van der Waals surface area contributed by atoms with E-state index in [4.69, 9.17) is 5.11 Å². The zero-order chi connectivity index (χ0) is 14.5. The highest BCUT2D eigenvalue weighted by Crippen LogP contribution is 2.26. The molecule has 1 atom stereocenters. The summed E-state index contributed by atoms with van der Waals surface area (Å²) in [6.45, 7) is 0. The number of halogens is 1. The van der Waals surface area contributed by atoms with Gasteiger partial charge >= 0.3 is 5.97 Å². The van der Waals surface area contributed by atoms with Gasteiger partial charge in [-0.25, -0.2) is 0 Å². The van der Waals surface area contributed by atoms with Crippen LogP contribution in [0.4, 0.5) is 0 Å². The van der Waals surface area contributed by atoms with Crippen LogP contribution in [0.5, 0.6) is 5.75 Å². The van der Waals surface area contributed by atoms with Crippen LogP contribution in [-0.2, 0) is 11.2 Å². The lowest BCUT2D eigenvalue weighted by molar-refractivity contribution is -0.137. The van der Waals surface area contributed by atoms with Gasteiger partial charge in [-0.15, -0.1) is 0 Å². The molecule has 20 heavy (non-hydrogen) atoms. The summed E-state index contributed by atoms with van der Waals surface area (Å²) in [5.41, 5.74) is 2.01. The molecule has 0 heterocycles. The average Bonchev–Trinajstić information content (AvgIpc) is 2.41. The number of aromatic hydroxyl groups is 1. The lowest BCUT2D eigenvalue weighted by atomic mass is 9.89. The van der Waals surface area contributed by atoms with Gasteiger partial charge in [0, 0.05) is 4.47 Å². The number of aliphatic carboxylic acids is 1. The molecule has 2 aromatic carbocycles. The van der Waals surface area contributed by atoms with Crippen molar-refractivity contribution in [3.8, 4) is 5.75 Å². The molecule has 0 spiro atoms. The van der Waals surface area contributed by atoms with Crippen LogP contribution in [0, 0.1) is 0 Å². The molecule has 2 N–H and O–H groups in total. The molecular formula is C16H15BrO3. The minimum atomic E-state index is -0.809. The summed E-state index contributed by atoms with van der Waals surface area (Å²) in [6, 6.07) is 14.6. The summed E-state index contributed by atoms with van der Waals surface area (Å²) in [7, 11) is 0. The molecule has 0 aliphatic carbocycles. The normalized spacial score (nSPS) is 12.1. The van der Waals surface area contributed by atoms with Crippen molar-refractivity contribution in [3.05, 3.63) is 64.1 Å². The summed E-state index contributed by atoms with van der Waals surface area (Å²) < 4.78 is 0.972. The van der Waals surface area contributed by atoms with Crippen molar-refractivity contribution in [3.63, 3.8) is 0 Å². The number of carbonyl (C=O) groups is 1. The van der Waals surface area contributed by atoms with Crippen molar-refractivity contribution < 1.29 is 15.0 Å². The van der Waals surface area contributed by atoms with Gasteiger partial charge in [0.2, 0.25) is 0 Å². The highest BCUT2D eigenvalue weighted by molar-refractivity contribution is 9.10. The first-order chi connectivity index (χ1) is 9.54. The van der Waals surface area contributed by atoms with Gasteiger partial charge < -0.3 is 10.2 Å². The summed E-state index contributed by atoms with van der Waals surface area (Å²) in [5, 5.41) is 18.4. The smallest absolute Gasteiger partial charge is 0.303 e. The number of hydrogen-bond acceptors (Lipinski definition) is 2. The Balaban J connectivity index is 2.21. The molecule has 0 saturated heterocycles. The van der Waals surface area contributed by atoms with Gasteiger partial charge in [-0.05, 0) is 47.7 Å². The first kappa shape index (κ1) is 14.6. The largest absolute Gasteiger partial charge is 0.508 e. The molecule has 0 radical (unpaired) electrons. The summed E-state index contributed by atoms with van der Waals surface area (Å²) in [6.07, 6.45) is 0.719. The number of phenolic OH excluding ortho intramolecular Hbond substituents is 1. The molecule has 2 rings (SSSR count). The first-order valence-corrected chi connectivity index (χ1v) is 7.09. The zero-order valence-corrected chi connectivity index (χ0v) is 12.4. The number of hydrogen-bond donors (Lipinski definition) is 2. The topological polar surface area (TPSA) is 57.5 Å². The van der Waals surface area contributed by atoms with Gasteiger partial charge in [0.25, 0.3) is 0 Å². The van der Waals surface area contributed by atoms with E-state index in [0.717, 1.165) is 15.6 Å². The highest BCUT2D eigenvalue weighted by atomic mass is 79.9. The van der Waals surface area contributed by atoms with Crippen LogP contribution in [0.2, 0.25) is 0 Å². The van der Waals surface area contributed by atoms with Gasteiger partial charge in [0.05, 0.1) is 6.42 Å². The van der Waals surface area contributed by atoms with E-state index in [2.05, 4.69) is 15.9 Å². The monoisotopic (exact) mass is 334 g/mol. The van der Waals surface area contributed by atoms with E-state index in [-0.39, 0.29) is 18.1 Å². The standard InChI is InChI=1S/C16H15BrO3/c17-14-5-3-12(4-6-14)13(10-16(19)20)9-11-1-7-15(18)8-2-11/h1-8,13,18H,9-10H2,(H,19,20). The maximum atomic E-state index is 11.0. The molecule has 2 aromatic rings. The van der Waals surface area contributed by atoms with E-state index in [1.807, 2.05) is 36.4 Å². The maximum Gasteiger partial charge on any atom is 0.303 e. The fourth-order valence-corrected chi connectivity index (χ4v) is 2.43. The second kappa shape index (κ2) is 6.57. The Bertz CT molecular complexity index is 576. The van der Waals surface area contributed by atoms with Crippen molar-refractivity contribution in [1.29, 1.82) is 0 Å². The van der Waals surface area contributed by atoms with Crippen LogP contribution in [0.25, 0.3) is 0 Å². The molecular weight excluding hydrogens is 320 g/mol. The lowest BCUT2D eigenvalue weighted by Gasteiger charge is -2.15. The van der Waals surface area contributed by atoms with Crippen molar-refractivity contribution in [2.75, 3.05) is 0 Å². The molecule has 3 nitrogen and oxygen atoms in total. The van der Waals surface area contributed by atoms with Crippen molar-refractivity contribution >= 4 is 21.9 Å². The Hall–Kier alpha value is -1.81. The van der Waals surface area contributed by atoms with Crippen LogP contribution in [0.3, 0.4) is 0 Å². The van der Waals surface area contributed by atoms with Crippen LogP contribution >= 0.6 is 15.9 Å². The number of rotatable bonds is 5. The summed E-state index contributed by atoms with van der Waals surface area (Å²) >= 11 is 3.38. The van der Waals surface area contributed by atoms with Crippen molar-refractivity contribution in [2.24, 2.45) is 0 Å². The van der Waals surface area contributed by atoms with Gasteiger partial charge in [-0.2, -0.15) is 0 Å². The predicted molar refractivity (Wildman–Crippen MR) is 80.9 cm³/mol. The second-order valence-electron chi connectivity index (χ2n) is 4.72. The minimum absolute atomic E-state index is 0.0786. The summed E-state index contributed by atoms with van der Waals surface area (Å²) in [5.74, 6) is -0.672. The van der Waals surface area contributed by atoms with Gasteiger partial charge in [0.15, 0.2) is 0 Å². The molecule has 0 aliphatic heterocycles. The van der Waals surface area contributed by atoms with Crippen LogP contribution < -0.4 is 0 Å². The van der Waals surface area contributed by atoms with Crippen LogP contribution in [0.1, 0.15) is 23.5 Å². The van der Waals surface area contributed by atoms with E-state index in [1.165, 1.54) is 0 Å². The first-order valence-electron chi connectivity index (χ1n) is 6.30. The van der Waals surface area contributed by atoms with Crippen molar-refractivity contribution in [2.45, 2.75) is 18.8 Å². The molecule has 0 aliphatic rings. The molecule has 0 aromatic heterocycles.